The molecule has 1 amide bonds. The van der Waals surface area contributed by atoms with Crippen LogP contribution in [0.15, 0.2) is 47.5 Å². The van der Waals surface area contributed by atoms with Crippen LogP contribution in [0.2, 0.25) is 5.02 Å². The van der Waals surface area contributed by atoms with Crippen LogP contribution in [0.4, 0.5) is 14.6 Å². The number of hydrogen-bond donors (Lipinski definition) is 3. The highest BCUT2D eigenvalue weighted by atomic mass is 35.5. The Labute approximate surface area is 229 Å². The van der Waals surface area contributed by atoms with Crippen molar-refractivity contribution in [1.82, 2.24) is 20.2 Å². The first kappa shape index (κ1) is 27.3. The number of β-amino-alcohol motifs (C(OH)–C–C–N with tert-alkyl or cyclic N) is 1. The van der Waals surface area contributed by atoms with Crippen LogP contribution in [-0.4, -0.2) is 64.1 Å². The maximum Gasteiger partial charge on any atom is 0.251 e. The average Bonchev–Trinajstić information content (AvgIpc) is 3.42. The maximum atomic E-state index is 12.7. The lowest BCUT2D eigenvalue weighted by Crippen LogP contribution is -2.42. The van der Waals surface area contributed by atoms with Crippen LogP contribution in [-0.2, 0) is 19.6 Å². The van der Waals surface area contributed by atoms with Gasteiger partial charge in [-0.05, 0) is 48.6 Å². The predicted octanol–water partition coefficient (Wildman–Crippen LogP) is 3.91. The molecule has 208 valence electrons. The van der Waals surface area contributed by atoms with Crippen molar-refractivity contribution in [2.24, 2.45) is 5.92 Å². The van der Waals surface area contributed by atoms with Crippen LogP contribution in [0.1, 0.15) is 40.1 Å². The van der Waals surface area contributed by atoms with E-state index in [9.17, 15) is 18.7 Å². The Morgan fingerprint density at radius 1 is 1.31 bits per heavy atom. The van der Waals surface area contributed by atoms with Crippen molar-refractivity contribution in [3.63, 3.8) is 0 Å². The Morgan fingerprint density at radius 2 is 2.15 bits per heavy atom. The number of ether oxygens (including phenoxy) is 1. The molecule has 3 aromatic rings. The van der Waals surface area contributed by atoms with Crippen LogP contribution in [0.5, 0.6) is 5.75 Å². The fourth-order valence-electron chi connectivity index (χ4n) is 4.90. The van der Waals surface area contributed by atoms with E-state index in [0.29, 0.717) is 66.8 Å². The lowest BCUT2D eigenvalue weighted by molar-refractivity contribution is 0.0280. The second-order valence-electron chi connectivity index (χ2n) is 9.96. The third-order valence-corrected chi connectivity index (χ3v) is 7.52. The van der Waals surface area contributed by atoms with Gasteiger partial charge in [-0.15, -0.1) is 0 Å². The third-order valence-electron chi connectivity index (χ3n) is 7.10. The molecule has 0 bridgehead atoms. The lowest BCUT2D eigenvalue weighted by Gasteiger charge is -2.35. The first-order chi connectivity index (χ1) is 18.9. The molecule has 0 spiro atoms. The number of anilines is 1. The minimum atomic E-state index is -2.30. The van der Waals surface area contributed by atoms with E-state index < -0.39 is 18.4 Å². The van der Waals surface area contributed by atoms with E-state index in [1.54, 1.807) is 18.3 Å². The van der Waals surface area contributed by atoms with Gasteiger partial charge in [0.15, 0.2) is 12.2 Å². The molecule has 0 radical (unpaired) electrons. The zero-order chi connectivity index (χ0) is 27.4. The standard InChI is InChI=1S/C27H30ClF2N5O4/c28-25-22-4-6-35(12-17(22)1-2-23(25)38-14-21-11-31-15-39-21)13-20(36)10-33-27(37)16-3-5-32-24(9-16)34-19-7-18(8-19)26(29)30/h1-3,5,9,11,15,18-20,26,36H,4,6-8,10,12-14H2,(H,32,34)(H,33,37)/t18?,19?,20-/m0/s1. The Morgan fingerprint density at radius 3 is 2.92 bits per heavy atom. The number of amides is 1. The third kappa shape index (κ3) is 6.84. The quantitative estimate of drug-likeness (QED) is 0.323. The predicted molar refractivity (Wildman–Crippen MR) is 140 cm³/mol. The van der Waals surface area contributed by atoms with Crippen molar-refractivity contribution >= 4 is 23.3 Å². The second kappa shape index (κ2) is 12.3. The summed E-state index contributed by atoms with van der Waals surface area (Å²) in [5.74, 6) is 0.743. The van der Waals surface area contributed by atoms with Crippen molar-refractivity contribution in [1.29, 1.82) is 0 Å². The number of aliphatic hydroxyl groups excluding tert-OH is 1. The normalized spacial score (nSPS) is 19.7. The number of carbonyl (C=O) groups excluding carboxylic acids is 1. The molecule has 12 heteroatoms. The molecule has 5 rings (SSSR count). The van der Waals surface area contributed by atoms with E-state index in [2.05, 4.69) is 25.5 Å². The van der Waals surface area contributed by atoms with Crippen molar-refractivity contribution in [2.45, 2.75) is 51.0 Å². The van der Waals surface area contributed by atoms with Crippen LogP contribution in [0.25, 0.3) is 0 Å². The van der Waals surface area contributed by atoms with Crippen molar-refractivity contribution in [3.8, 4) is 5.75 Å². The number of pyridine rings is 1. The summed E-state index contributed by atoms with van der Waals surface area (Å²) < 4.78 is 36.4. The van der Waals surface area contributed by atoms with Gasteiger partial charge in [-0.1, -0.05) is 17.7 Å². The van der Waals surface area contributed by atoms with Crippen molar-refractivity contribution in [3.05, 3.63) is 70.5 Å². The van der Waals surface area contributed by atoms with Gasteiger partial charge in [0.25, 0.3) is 5.91 Å². The van der Waals surface area contributed by atoms with Gasteiger partial charge in [0.05, 0.1) is 17.3 Å². The number of benzene rings is 1. The van der Waals surface area contributed by atoms with Crippen LogP contribution < -0.4 is 15.4 Å². The zero-order valence-electron chi connectivity index (χ0n) is 21.2. The Bertz CT molecular complexity index is 1270. The van der Waals surface area contributed by atoms with Gasteiger partial charge in [0.1, 0.15) is 18.2 Å². The fourth-order valence-corrected chi connectivity index (χ4v) is 5.23. The summed E-state index contributed by atoms with van der Waals surface area (Å²) in [6.07, 6.45) is 2.84. The maximum absolute atomic E-state index is 12.7. The molecule has 1 atom stereocenters. The summed E-state index contributed by atoms with van der Waals surface area (Å²) in [7, 11) is 0. The van der Waals surface area contributed by atoms with Gasteiger partial charge in [-0.3, -0.25) is 9.69 Å². The van der Waals surface area contributed by atoms with Gasteiger partial charge in [0, 0.05) is 49.9 Å². The Hall–Kier alpha value is -3.28. The molecule has 39 heavy (non-hydrogen) atoms. The van der Waals surface area contributed by atoms with Crippen molar-refractivity contribution < 1.29 is 27.8 Å². The van der Waals surface area contributed by atoms with Crippen molar-refractivity contribution in [2.75, 3.05) is 25.0 Å². The summed E-state index contributed by atoms with van der Waals surface area (Å²) in [4.78, 5) is 22.8. The number of rotatable bonds is 11. The topological polar surface area (TPSA) is 113 Å². The molecule has 1 aliphatic carbocycles. The summed E-state index contributed by atoms with van der Waals surface area (Å²) in [6.45, 7) is 2.03. The van der Waals surface area contributed by atoms with Crippen LogP contribution >= 0.6 is 11.6 Å². The molecule has 3 heterocycles. The molecular weight excluding hydrogens is 532 g/mol. The van der Waals surface area contributed by atoms with Gasteiger partial charge in [-0.2, -0.15) is 0 Å². The molecule has 1 fully saturated rings. The van der Waals surface area contributed by atoms with E-state index >= 15 is 0 Å². The summed E-state index contributed by atoms with van der Waals surface area (Å²) in [5, 5.41) is 17.0. The first-order valence-corrected chi connectivity index (χ1v) is 13.2. The molecule has 2 aromatic heterocycles. The lowest BCUT2D eigenvalue weighted by atomic mass is 9.80. The van der Waals surface area contributed by atoms with Gasteiger partial charge in [-0.25, -0.2) is 18.7 Å². The minimum absolute atomic E-state index is 0.0698. The summed E-state index contributed by atoms with van der Waals surface area (Å²) in [5.41, 5.74) is 2.48. The van der Waals surface area contributed by atoms with E-state index in [1.807, 2.05) is 12.1 Å². The number of nitrogens with one attached hydrogen (secondary N) is 2. The SMILES string of the molecule is O=C(NC[C@H](O)CN1CCc2c(ccc(OCc3cnco3)c2Cl)C1)c1ccnc(NC2CC(C(F)F)C2)c1. The molecule has 0 saturated heterocycles. The molecular formula is C27H30ClF2N5O4. The Kier molecular flexibility index (Phi) is 8.59. The van der Waals surface area contributed by atoms with Crippen LogP contribution in [0, 0.1) is 5.92 Å². The zero-order valence-corrected chi connectivity index (χ0v) is 21.9. The van der Waals surface area contributed by atoms with Gasteiger partial charge >= 0.3 is 0 Å². The van der Waals surface area contributed by atoms with E-state index in [4.69, 9.17) is 20.8 Å². The van der Waals surface area contributed by atoms with E-state index in [-0.39, 0.29) is 25.1 Å². The number of halogens is 3. The molecule has 1 saturated carbocycles. The van der Waals surface area contributed by atoms with Gasteiger partial charge in [0.2, 0.25) is 6.43 Å². The monoisotopic (exact) mass is 561 g/mol. The highest BCUT2D eigenvalue weighted by Crippen LogP contribution is 2.35. The smallest absolute Gasteiger partial charge is 0.251 e. The fraction of sp³-hybridized carbons (Fsp3) is 0.444. The summed E-state index contributed by atoms with van der Waals surface area (Å²) in [6, 6.07) is 6.90. The van der Waals surface area contributed by atoms with Crippen LogP contribution in [0.3, 0.4) is 0 Å². The number of aliphatic hydroxyl groups is 1. The highest BCUT2D eigenvalue weighted by molar-refractivity contribution is 6.33. The first-order valence-electron chi connectivity index (χ1n) is 12.9. The Balaban J connectivity index is 1.07. The average molecular weight is 562 g/mol. The number of nitrogens with zero attached hydrogens (tertiary/aromatic N) is 3. The van der Waals surface area contributed by atoms with E-state index in [1.165, 1.54) is 12.6 Å². The van der Waals surface area contributed by atoms with Gasteiger partial charge < -0.3 is 24.9 Å². The largest absolute Gasteiger partial charge is 0.484 e. The molecule has 9 nitrogen and oxygen atoms in total. The number of carbonyl (C=O) groups is 1. The molecule has 0 unspecified atom stereocenters. The number of oxazole rings is 1. The number of fused-ring (bicyclic) bond motifs is 1. The minimum Gasteiger partial charge on any atom is -0.484 e. The molecule has 2 aliphatic rings. The highest BCUT2D eigenvalue weighted by Gasteiger charge is 2.35. The molecule has 1 aliphatic heterocycles. The number of hydrogen-bond acceptors (Lipinski definition) is 8. The number of aromatic nitrogens is 2. The summed E-state index contributed by atoms with van der Waals surface area (Å²) >= 11 is 6.61. The second-order valence-corrected chi connectivity index (χ2v) is 10.3. The molecule has 3 N–H and O–H groups in total. The number of alkyl halides is 2. The molecule has 1 aromatic carbocycles. The van der Waals surface area contributed by atoms with E-state index in [0.717, 1.165) is 11.1 Å².